The molecular formula is C15H19O4. The summed E-state index contributed by atoms with van der Waals surface area (Å²) in [5.41, 5.74) is 0.216. The van der Waals surface area contributed by atoms with Crippen molar-refractivity contribution in [2.24, 2.45) is 5.41 Å². The summed E-state index contributed by atoms with van der Waals surface area (Å²) in [6.45, 7) is 6.75. The first-order valence-electron chi connectivity index (χ1n) is 6.14. The molecule has 4 heteroatoms. The molecule has 103 valence electrons. The molecule has 19 heavy (non-hydrogen) atoms. The molecule has 0 N–H and O–H groups in total. The molecule has 1 aromatic rings. The van der Waals surface area contributed by atoms with Crippen molar-refractivity contribution in [1.29, 1.82) is 0 Å². The van der Waals surface area contributed by atoms with E-state index < -0.39 is 23.6 Å². The SMILES string of the molecule is CC(OC(=O)Cc1cc[c]cc1)OC(=O)C(C)(C)C. The van der Waals surface area contributed by atoms with Gasteiger partial charge >= 0.3 is 11.9 Å². The Morgan fingerprint density at radius 2 is 1.79 bits per heavy atom. The third-order valence-electron chi connectivity index (χ3n) is 2.32. The van der Waals surface area contributed by atoms with E-state index in [1.165, 1.54) is 6.92 Å². The summed E-state index contributed by atoms with van der Waals surface area (Å²) < 4.78 is 10.1. The molecule has 1 atom stereocenters. The number of benzene rings is 1. The van der Waals surface area contributed by atoms with E-state index in [0.717, 1.165) is 5.56 Å². The summed E-state index contributed by atoms with van der Waals surface area (Å²) >= 11 is 0. The van der Waals surface area contributed by atoms with Crippen LogP contribution in [0.1, 0.15) is 33.3 Å². The van der Waals surface area contributed by atoms with Crippen LogP contribution in [0, 0.1) is 11.5 Å². The van der Waals surface area contributed by atoms with Crippen LogP contribution in [0.15, 0.2) is 24.3 Å². The van der Waals surface area contributed by atoms with Crippen LogP contribution in [0.2, 0.25) is 0 Å². The lowest BCUT2D eigenvalue weighted by atomic mass is 9.97. The molecule has 0 aliphatic heterocycles. The molecule has 4 nitrogen and oxygen atoms in total. The largest absolute Gasteiger partial charge is 0.425 e. The molecule has 0 heterocycles. The molecule has 0 amide bonds. The average Bonchev–Trinajstić information content (AvgIpc) is 2.28. The summed E-state index contributed by atoms with van der Waals surface area (Å²) in [7, 11) is 0. The molecule has 0 bridgehead atoms. The fourth-order valence-electron chi connectivity index (χ4n) is 1.28. The van der Waals surface area contributed by atoms with Gasteiger partial charge in [-0.15, -0.1) is 0 Å². The standard InChI is InChI=1S/C15H19O4/c1-11(19-14(17)15(2,3)4)18-13(16)10-12-8-6-5-7-9-12/h6-9,11H,10H2,1-4H3. The highest BCUT2D eigenvalue weighted by Gasteiger charge is 2.26. The van der Waals surface area contributed by atoms with Gasteiger partial charge in [-0.2, -0.15) is 0 Å². The van der Waals surface area contributed by atoms with Crippen molar-refractivity contribution in [1.82, 2.24) is 0 Å². The lowest BCUT2D eigenvalue weighted by molar-refractivity contribution is -0.189. The number of carbonyl (C=O) groups is 2. The number of hydrogen-bond donors (Lipinski definition) is 0. The number of rotatable bonds is 4. The smallest absolute Gasteiger partial charge is 0.314 e. The zero-order valence-electron chi connectivity index (χ0n) is 11.7. The van der Waals surface area contributed by atoms with Gasteiger partial charge in [-0.05, 0) is 32.4 Å². The van der Waals surface area contributed by atoms with E-state index in [9.17, 15) is 9.59 Å². The van der Waals surface area contributed by atoms with Gasteiger partial charge in [0.15, 0.2) is 0 Å². The Labute approximate surface area is 113 Å². The van der Waals surface area contributed by atoms with Crippen molar-refractivity contribution in [3.8, 4) is 0 Å². The minimum absolute atomic E-state index is 0.145. The van der Waals surface area contributed by atoms with Gasteiger partial charge < -0.3 is 9.47 Å². The zero-order valence-corrected chi connectivity index (χ0v) is 11.7. The van der Waals surface area contributed by atoms with E-state index in [1.807, 2.05) is 0 Å². The summed E-state index contributed by atoms with van der Waals surface area (Å²) in [6, 6.07) is 9.89. The number of ether oxygens (including phenoxy) is 2. The van der Waals surface area contributed by atoms with Crippen LogP contribution >= 0.6 is 0 Å². The number of carbonyl (C=O) groups excluding carboxylic acids is 2. The molecule has 1 rings (SSSR count). The summed E-state index contributed by atoms with van der Waals surface area (Å²) in [5, 5.41) is 0. The van der Waals surface area contributed by atoms with Crippen molar-refractivity contribution in [2.45, 2.75) is 40.4 Å². The van der Waals surface area contributed by atoms with Gasteiger partial charge in [0, 0.05) is 6.92 Å². The van der Waals surface area contributed by atoms with Crippen LogP contribution in [-0.4, -0.2) is 18.2 Å². The fourth-order valence-corrected chi connectivity index (χ4v) is 1.28. The van der Waals surface area contributed by atoms with Gasteiger partial charge in [0.05, 0.1) is 11.8 Å². The lowest BCUT2D eigenvalue weighted by Gasteiger charge is -2.20. The van der Waals surface area contributed by atoms with Gasteiger partial charge in [0.1, 0.15) is 0 Å². The summed E-state index contributed by atoms with van der Waals surface area (Å²) in [6.07, 6.45) is -0.735. The lowest BCUT2D eigenvalue weighted by Crippen LogP contribution is -2.29. The maximum Gasteiger partial charge on any atom is 0.314 e. The highest BCUT2D eigenvalue weighted by Crippen LogP contribution is 2.16. The molecule has 0 saturated heterocycles. The van der Waals surface area contributed by atoms with Gasteiger partial charge in [-0.3, -0.25) is 9.59 Å². The zero-order chi connectivity index (χ0) is 14.5. The highest BCUT2D eigenvalue weighted by molar-refractivity contribution is 5.76. The second-order valence-electron chi connectivity index (χ2n) is 5.30. The van der Waals surface area contributed by atoms with Crippen LogP contribution in [0.4, 0.5) is 0 Å². The molecular weight excluding hydrogens is 244 g/mol. The second-order valence-corrected chi connectivity index (χ2v) is 5.30. The van der Waals surface area contributed by atoms with Crippen molar-refractivity contribution in [3.05, 3.63) is 35.9 Å². The van der Waals surface area contributed by atoms with Crippen LogP contribution in [0.5, 0.6) is 0 Å². The predicted molar refractivity (Wildman–Crippen MR) is 70.1 cm³/mol. The first-order chi connectivity index (χ1) is 8.79. The third kappa shape index (κ3) is 5.55. The third-order valence-corrected chi connectivity index (χ3v) is 2.32. The normalized spacial score (nSPS) is 12.6. The molecule has 1 aromatic carbocycles. The first kappa shape index (κ1) is 15.2. The predicted octanol–water partition coefficient (Wildman–Crippen LogP) is 2.51. The molecule has 0 aromatic heterocycles. The van der Waals surface area contributed by atoms with E-state index in [-0.39, 0.29) is 6.42 Å². The Balaban J connectivity index is 2.43. The Morgan fingerprint density at radius 3 is 2.32 bits per heavy atom. The molecule has 0 fully saturated rings. The van der Waals surface area contributed by atoms with E-state index in [1.54, 1.807) is 45.0 Å². The van der Waals surface area contributed by atoms with Crippen molar-refractivity contribution in [3.63, 3.8) is 0 Å². The Hall–Kier alpha value is -1.84. The second kappa shape index (κ2) is 6.36. The number of hydrogen-bond acceptors (Lipinski definition) is 4. The summed E-state index contributed by atoms with van der Waals surface area (Å²) in [5.74, 6) is -0.831. The topological polar surface area (TPSA) is 52.6 Å². The maximum atomic E-state index is 11.6. The Bertz CT molecular complexity index is 431. The van der Waals surface area contributed by atoms with Crippen LogP contribution in [0.25, 0.3) is 0 Å². The van der Waals surface area contributed by atoms with E-state index in [4.69, 9.17) is 9.47 Å². The Kier molecular flexibility index (Phi) is 5.10. The fraction of sp³-hybridized carbons (Fsp3) is 0.467. The molecule has 0 saturated carbocycles. The molecule has 0 spiro atoms. The number of esters is 2. The van der Waals surface area contributed by atoms with Crippen molar-refractivity contribution in [2.75, 3.05) is 0 Å². The minimum atomic E-state index is -0.880. The van der Waals surface area contributed by atoms with E-state index >= 15 is 0 Å². The molecule has 1 radical (unpaired) electrons. The van der Waals surface area contributed by atoms with E-state index in [0.29, 0.717) is 0 Å². The van der Waals surface area contributed by atoms with Crippen LogP contribution in [-0.2, 0) is 25.5 Å². The molecule has 0 aliphatic rings. The van der Waals surface area contributed by atoms with Crippen molar-refractivity contribution >= 4 is 11.9 Å². The molecule has 1 unspecified atom stereocenters. The Morgan fingerprint density at radius 1 is 1.21 bits per heavy atom. The maximum absolute atomic E-state index is 11.6. The van der Waals surface area contributed by atoms with Crippen LogP contribution in [0.3, 0.4) is 0 Å². The quantitative estimate of drug-likeness (QED) is 0.618. The van der Waals surface area contributed by atoms with Gasteiger partial charge in [-0.1, -0.05) is 24.3 Å². The monoisotopic (exact) mass is 263 g/mol. The van der Waals surface area contributed by atoms with Gasteiger partial charge in [0.2, 0.25) is 6.29 Å². The van der Waals surface area contributed by atoms with Crippen molar-refractivity contribution < 1.29 is 19.1 Å². The molecule has 0 aliphatic carbocycles. The van der Waals surface area contributed by atoms with Crippen LogP contribution < -0.4 is 0 Å². The summed E-state index contributed by atoms with van der Waals surface area (Å²) in [4.78, 5) is 23.2. The van der Waals surface area contributed by atoms with Gasteiger partial charge in [0.25, 0.3) is 0 Å². The highest BCUT2D eigenvalue weighted by atomic mass is 16.7. The first-order valence-corrected chi connectivity index (χ1v) is 6.14. The minimum Gasteiger partial charge on any atom is -0.425 e. The van der Waals surface area contributed by atoms with Gasteiger partial charge in [-0.25, -0.2) is 0 Å². The average molecular weight is 263 g/mol. The van der Waals surface area contributed by atoms with E-state index in [2.05, 4.69) is 6.07 Å².